The molecule has 0 spiro atoms. The van der Waals surface area contributed by atoms with Crippen LogP contribution in [0, 0.1) is 5.92 Å². The molecule has 1 unspecified atom stereocenters. The molecule has 0 aromatic rings. The standard InChI is InChI=1S/C11H19NO4S/c1-3-17-9-4-8(7(5-13)6(2)14)12-10(9)11(15)16/h5-10,12,14H,3-4H2,1-2H3,(H,15,16)/t6-,7-,8-,9-,10?/m1/s1. The van der Waals surface area contributed by atoms with Crippen LogP contribution in [-0.2, 0) is 9.59 Å². The number of carbonyl (C=O) groups excluding carboxylic acids is 1. The molecule has 0 aromatic heterocycles. The minimum absolute atomic E-state index is 0.0382. The number of aliphatic carboxylic acids is 1. The third-order valence-corrected chi connectivity index (χ3v) is 4.30. The van der Waals surface area contributed by atoms with Gasteiger partial charge in [0.1, 0.15) is 12.3 Å². The summed E-state index contributed by atoms with van der Waals surface area (Å²) in [5.74, 6) is -0.600. The molecule has 0 amide bonds. The van der Waals surface area contributed by atoms with Crippen LogP contribution < -0.4 is 5.32 Å². The maximum atomic E-state index is 11.1. The van der Waals surface area contributed by atoms with Gasteiger partial charge < -0.3 is 15.0 Å². The molecule has 5 atom stereocenters. The Hall–Kier alpha value is -0.590. The molecule has 1 rings (SSSR count). The zero-order chi connectivity index (χ0) is 13.0. The van der Waals surface area contributed by atoms with Gasteiger partial charge in [-0.2, -0.15) is 11.8 Å². The molecule has 0 bridgehead atoms. The van der Waals surface area contributed by atoms with E-state index in [4.69, 9.17) is 5.11 Å². The lowest BCUT2D eigenvalue weighted by molar-refractivity contribution is -0.139. The monoisotopic (exact) mass is 261 g/mol. The van der Waals surface area contributed by atoms with Gasteiger partial charge in [-0.3, -0.25) is 10.1 Å². The van der Waals surface area contributed by atoms with Crippen molar-refractivity contribution in [3.63, 3.8) is 0 Å². The van der Waals surface area contributed by atoms with E-state index in [2.05, 4.69) is 5.32 Å². The SMILES string of the molecule is CCS[C@@H]1C[C@H]([C@H](C=O)[C@@H](C)O)NC1C(=O)O. The maximum absolute atomic E-state index is 11.1. The number of aldehydes is 1. The highest BCUT2D eigenvalue weighted by Crippen LogP contribution is 2.29. The van der Waals surface area contributed by atoms with Gasteiger partial charge in [0.05, 0.1) is 12.0 Å². The number of rotatable bonds is 6. The van der Waals surface area contributed by atoms with Crippen molar-refractivity contribution in [2.45, 2.75) is 43.7 Å². The largest absolute Gasteiger partial charge is 0.480 e. The topological polar surface area (TPSA) is 86.6 Å². The Morgan fingerprint density at radius 1 is 1.65 bits per heavy atom. The molecule has 3 N–H and O–H groups in total. The third kappa shape index (κ3) is 3.43. The normalized spacial score (nSPS) is 32.1. The molecule has 1 saturated heterocycles. The first-order chi connectivity index (χ1) is 8.01. The Kier molecular flexibility index (Phi) is 5.42. The highest BCUT2D eigenvalue weighted by Gasteiger charge is 2.42. The molecule has 1 fully saturated rings. The molecule has 98 valence electrons. The Labute approximate surface area is 105 Å². The van der Waals surface area contributed by atoms with Gasteiger partial charge in [0.25, 0.3) is 0 Å². The second-order valence-electron chi connectivity index (χ2n) is 4.27. The smallest absolute Gasteiger partial charge is 0.321 e. The molecule has 0 aromatic carbocycles. The van der Waals surface area contributed by atoms with E-state index < -0.39 is 24.0 Å². The van der Waals surface area contributed by atoms with E-state index in [9.17, 15) is 14.7 Å². The molecular formula is C11H19NO4S. The summed E-state index contributed by atoms with van der Waals surface area (Å²) in [6.45, 7) is 3.53. The number of carbonyl (C=O) groups is 2. The first kappa shape index (κ1) is 14.5. The van der Waals surface area contributed by atoms with Crippen LogP contribution in [0.4, 0.5) is 0 Å². The molecule has 0 aliphatic carbocycles. The fourth-order valence-electron chi connectivity index (χ4n) is 2.21. The van der Waals surface area contributed by atoms with E-state index in [1.165, 1.54) is 0 Å². The quantitative estimate of drug-likeness (QED) is 0.589. The van der Waals surface area contributed by atoms with Gasteiger partial charge in [0.15, 0.2) is 0 Å². The number of aliphatic hydroxyl groups excluding tert-OH is 1. The predicted octanol–water partition coefficient (Wildman–Crippen LogP) is 0.119. The van der Waals surface area contributed by atoms with Crippen LogP contribution in [0.2, 0.25) is 0 Å². The zero-order valence-corrected chi connectivity index (χ0v) is 10.8. The lowest BCUT2D eigenvalue weighted by Crippen LogP contribution is -2.44. The number of nitrogens with one attached hydrogen (secondary N) is 1. The van der Waals surface area contributed by atoms with E-state index in [0.717, 1.165) is 5.75 Å². The average molecular weight is 261 g/mol. The van der Waals surface area contributed by atoms with Gasteiger partial charge in [-0.05, 0) is 19.1 Å². The van der Waals surface area contributed by atoms with Gasteiger partial charge in [0, 0.05) is 11.3 Å². The molecule has 1 aliphatic rings. The lowest BCUT2D eigenvalue weighted by atomic mass is 9.95. The number of carboxylic acids is 1. The van der Waals surface area contributed by atoms with Gasteiger partial charge in [-0.25, -0.2) is 0 Å². The molecule has 17 heavy (non-hydrogen) atoms. The van der Waals surface area contributed by atoms with Crippen molar-refractivity contribution in [3.8, 4) is 0 Å². The van der Waals surface area contributed by atoms with Crippen LogP contribution in [0.3, 0.4) is 0 Å². The van der Waals surface area contributed by atoms with E-state index in [0.29, 0.717) is 12.7 Å². The summed E-state index contributed by atoms with van der Waals surface area (Å²) in [5.41, 5.74) is 0. The Morgan fingerprint density at radius 2 is 2.29 bits per heavy atom. The second-order valence-corrected chi connectivity index (χ2v) is 5.79. The number of carboxylic acid groups (broad SMARTS) is 1. The summed E-state index contributed by atoms with van der Waals surface area (Å²) in [6.07, 6.45) is 0.550. The van der Waals surface area contributed by atoms with E-state index in [-0.39, 0.29) is 11.3 Å². The van der Waals surface area contributed by atoms with Crippen molar-refractivity contribution in [1.82, 2.24) is 5.32 Å². The molecular weight excluding hydrogens is 242 g/mol. The van der Waals surface area contributed by atoms with Crippen molar-refractivity contribution < 1.29 is 19.8 Å². The fourth-order valence-corrected chi connectivity index (χ4v) is 3.37. The van der Waals surface area contributed by atoms with Crippen LogP contribution in [-0.4, -0.2) is 51.7 Å². The van der Waals surface area contributed by atoms with E-state index in [1.54, 1.807) is 18.7 Å². The fraction of sp³-hybridized carbons (Fsp3) is 0.818. The third-order valence-electron chi connectivity index (χ3n) is 3.08. The second kappa shape index (κ2) is 6.37. The molecule has 6 heteroatoms. The van der Waals surface area contributed by atoms with Gasteiger partial charge >= 0.3 is 5.97 Å². The van der Waals surface area contributed by atoms with E-state index >= 15 is 0 Å². The van der Waals surface area contributed by atoms with E-state index in [1.807, 2.05) is 6.92 Å². The zero-order valence-electron chi connectivity index (χ0n) is 10.00. The predicted molar refractivity (Wildman–Crippen MR) is 66.1 cm³/mol. The van der Waals surface area contributed by atoms with Crippen LogP contribution in [0.5, 0.6) is 0 Å². The highest BCUT2D eigenvalue weighted by atomic mass is 32.2. The van der Waals surface area contributed by atoms with Crippen LogP contribution >= 0.6 is 11.8 Å². The van der Waals surface area contributed by atoms with Gasteiger partial charge in [-0.1, -0.05) is 6.92 Å². The summed E-state index contributed by atoms with van der Waals surface area (Å²) in [7, 11) is 0. The summed E-state index contributed by atoms with van der Waals surface area (Å²) in [5, 5.41) is 21.5. The Morgan fingerprint density at radius 3 is 2.71 bits per heavy atom. The van der Waals surface area contributed by atoms with Crippen molar-refractivity contribution in [2.75, 3.05) is 5.75 Å². The van der Waals surface area contributed by atoms with Crippen molar-refractivity contribution in [2.24, 2.45) is 5.92 Å². The highest BCUT2D eigenvalue weighted by molar-refractivity contribution is 7.99. The Balaban J connectivity index is 2.73. The van der Waals surface area contributed by atoms with Crippen molar-refractivity contribution >= 4 is 24.0 Å². The van der Waals surface area contributed by atoms with Crippen LogP contribution in [0.1, 0.15) is 20.3 Å². The Bertz CT molecular complexity index is 285. The number of aliphatic hydroxyl groups is 1. The molecule has 0 saturated carbocycles. The van der Waals surface area contributed by atoms with Crippen LogP contribution in [0.25, 0.3) is 0 Å². The molecule has 5 nitrogen and oxygen atoms in total. The van der Waals surface area contributed by atoms with Crippen molar-refractivity contribution in [1.29, 1.82) is 0 Å². The van der Waals surface area contributed by atoms with Gasteiger partial charge in [0.2, 0.25) is 0 Å². The minimum atomic E-state index is -0.895. The summed E-state index contributed by atoms with van der Waals surface area (Å²) in [6, 6.07) is -0.885. The number of thioether (sulfide) groups is 1. The maximum Gasteiger partial charge on any atom is 0.321 e. The van der Waals surface area contributed by atoms with Crippen LogP contribution in [0.15, 0.2) is 0 Å². The molecule has 0 radical (unpaired) electrons. The first-order valence-electron chi connectivity index (χ1n) is 5.75. The number of hydrogen-bond acceptors (Lipinski definition) is 5. The number of hydrogen-bond donors (Lipinski definition) is 3. The summed E-state index contributed by atoms with van der Waals surface area (Å²) in [4.78, 5) is 22.0. The summed E-state index contributed by atoms with van der Waals surface area (Å²) >= 11 is 1.58. The lowest BCUT2D eigenvalue weighted by Gasteiger charge is -2.21. The molecule has 1 aliphatic heterocycles. The van der Waals surface area contributed by atoms with Gasteiger partial charge in [-0.15, -0.1) is 0 Å². The first-order valence-corrected chi connectivity index (χ1v) is 6.80. The molecule has 1 heterocycles. The van der Waals surface area contributed by atoms with Crippen molar-refractivity contribution in [3.05, 3.63) is 0 Å². The average Bonchev–Trinajstić information content (AvgIpc) is 2.63. The minimum Gasteiger partial charge on any atom is -0.480 e. The summed E-state index contributed by atoms with van der Waals surface area (Å²) < 4.78 is 0.